The zero-order valence-corrected chi connectivity index (χ0v) is 14.1. The first-order chi connectivity index (χ1) is 9.92. The molecule has 21 heavy (non-hydrogen) atoms. The summed E-state index contributed by atoms with van der Waals surface area (Å²) >= 11 is 0. The quantitative estimate of drug-likeness (QED) is 0.771. The Kier molecular flexibility index (Phi) is 5.11. The van der Waals surface area contributed by atoms with Crippen molar-refractivity contribution in [3.63, 3.8) is 0 Å². The van der Waals surface area contributed by atoms with E-state index in [0.29, 0.717) is 18.0 Å². The van der Waals surface area contributed by atoms with Gasteiger partial charge in [0.15, 0.2) is 0 Å². The minimum absolute atomic E-state index is 0.189. The maximum atomic E-state index is 12.4. The van der Waals surface area contributed by atoms with Crippen LogP contribution < -0.4 is 10.0 Å². The van der Waals surface area contributed by atoms with Crippen LogP contribution >= 0.6 is 0 Å². The van der Waals surface area contributed by atoms with Crippen molar-refractivity contribution < 1.29 is 8.42 Å². The molecular formula is C15H27N3O2S. The summed E-state index contributed by atoms with van der Waals surface area (Å²) in [4.78, 5) is 0.364. The first-order valence-corrected chi connectivity index (χ1v) is 9.26. The second-order valence-electron chi connectivity index (χ2n) is 6.09. The molecule has 120 valence electrons. The molecule has 0 bridgehead atoms. The molecule has 1 aliphatic rings. The highest BCUT2D eigenvalue weighted by molar-refractivity contribution is 7.89. The third-order valence-corrected chi connectivity index (χ3v) is 6.12. The molecule has 1 aromatic rings. The van der Waals surface area contributed by atoms with Crippen LogP contribution in [0.5, 0.6) is 0 Å². The molecule has 6 heteroatoms. The lowest BCUT2D eigenvalue weighted by Gasteiger charge is -2.41. The molecule has 1 aliphatic carbocycles. The Bertz CT molecular complexity index is 568. The van der Waals surface area contributed by atoms with Gasteiger partial charge in [-0.25, -0.2) is 13.1 Å². The van der Waals surface area contributed by atoms with E-state index in [0.717, 1.165) is 31.5 Å². The van der Waals surface area contributed by atoms with Crippen molar-refractivity contribution in [2.24, 2.45) is 12.5 Å². The van der Waals surface area contributed by atoms with Gasteiger partial charge in [0.25, 0.3) is 0 Å². The van der Waals surface area contributed by atoms with E-state index in [4.69, 9.17) is 0 Å². The average molecular weight is 313 g/mol. The highest BCUT2D eigenvalue weighted by Crippen LogP contribution is 2.43. The third kappa shape index (κ3) is 3.67. The molecule has 0 amide bonds. The lowest BCUT2D eigenvalue weighted by Crippen LogP contribution is -2.41. The summed E-state index contributed by atoms with van der Waals surface area (Å²) in [6, 6.07) is 1.75. The van der Waals surface area contributed by atoms with Gasteiger partial charge in [0.05, 0.1) is 4.90 Å². The second kappa shape index (κ2) is 6.50. The molecule has 1 fully saturated rings. The number of aryl methyl sites for hydroxylation is 1. The number of aromatic nitrogens is 1. The number of nitrogens with one attached hydrogen (secondary N) is 2. The Morgan fingerprint density at radius 1 is 1.33 bits per heavy atom. The van der Waals surface area contributed by atoms with Crippen LogP contribution in [0.15, 0.2) is 17.2 Å². The SMILES string of the molecule is CCNCc1cc(S(=O)(=O)NCC2(CC)CCC2)cn1C. The monoisotopic (exact) mass is 313 g/mol. The summed E-state index contributed by atoms with van der Waals surface area (Å²) in [5.74, 6) is 0. The molecule has 2 N–H and O–H groups in total. The third-order valence-electron chi connectivity index (χ3n) is 4.75. The van der Waals surface area contributed by atoms with Gasteiger partial charge >= 0.3 is 0 Å². The van der Waals surface area contributed by atoms with Gasteiger partial charge in [-0.15, -0.1) is 0 Å². The number of sulfonamides is 1. The Labute approximate surface area is 128 Å². The maximum absolute atomic E-state index is 12.4. The minimum Gasteiger partial charge on any atom is -0.352 e. The van der Waals surface area contributed by atoms with Gasteiger partial charge < -0.3 is 9.88 Å². The molecule has 0 spiro atoms. The van der Waals surface area contributed by atoms with Crippen molar-refractivity contribution in [2.45, 2.75) is 51.0 Å². The topological polar surface area (TPSA) is 63.1 Å². The van der Waals surface area contributed by atoms with Gasteiger partial charge in [0.1, 0.15) is 0 Å². The van der Waals surface area contributed by atoms with E-state index in [2.05, 4.69) is 17.0 Å². The summed E-state index contributed by atoms with van der Waals surface area (Å²) < 4.78 is 29.5. The first-order valence-electron chi connectivity index (χ1n) is 7.78. The molecule has 0 radical (unpaired) electrons. The molecule has 0 aliphatic heterocycles. The average Bonchev–Trinajstić information content (AvgIpc) is 2.78. The zero-order chi connectivity index (χ0) is 15.5. The molecule has 0 unspecified atom stereocenters. The Morgan fingerprint density at radius 3 is 2.57 bits per heavy atom. The van der Waals surface area contributed by atoms with E-state index in [-0.39, 0.29) is 5.41 Å². The Morgan fingerprint density at radius 2 is 2.05 bits per heavy atom. The summed E-state index contributed by atoms with van der Waals surface area (Å²) in [6.07, 6.45) is 6.21. The van der Waals surface area contributed by atoms with E-state index in [1.165, 1.54) is 6.42 Å². The molecule has 2 rings (SSSR count). The van der Waals surface area contributed by atoms with Crippen LogP contribution in [0.2, 0.25) is 0 Å². The van der Waals surface area contributed by atoms with E-state index >= 15 is 0 Å². The van der Waals surface area contributed by atoms with Crippen LogP contribution in [0.4, 0.5) is 0 Å². The predicted octanol–water partition coefficient (Wildman–Crippen LogP) is 1.99. The maximum Gasteiger partial charge on any atom is 0.242 e. The molecule has 0 aromatic carbocycles. The Hall–Kier alpha value is -0.850. The molecular weight excluding hydrogens is 286 g/mol. The summed E-state index contributed by atoms with van der Waals surface area (Å²) in [5.41, 5.74) is 1.17. The van der Waals surface area contributed by atoms with Crippen molar-refractivity contribution in [3.8, 4) is 0 Å². The van der Waals surface area contributed by atoms with E-state index in [1.54, 1.807) is 12.3 Å². The van der Waals surface area contributed by atoms with Crippen molar-refractivity contribution in [3.05, 3.63) is 18.0 Å². The van der Waals surface area contributed by atoms with Gasteiger partial charge in [0.2, 0.25) is 10.0 Å². The normalized spacial score (nSPS) is 17.7. The van der Waals surface area contributed by atoms with E-state index < -0.39 is 10.0 Å². The Balaban J connectivity index is 2.05. The lowest BCUT2D eigenvalue weighted by atomic mass is 9.67. The summed E-state index contributed by atoms with van der Waals surface area (Å²) in [7, 11) is -1.52. The fourth-order valence-corrected chi connectivity index (χ4v) is 4.07. The van der Waals surface area contributed by atoms with Gasteiger partial charge in [-0.2, -0.15) is 0 Å². The number of hydrogen-bond donors (Lipinski definition) is 2. The fourth-order valence-electron chi connectivity index (χ4n) is 2.82. The van der Waals surface area contributed by atoms with Gasteiger partial charge in [-0.3, -0.25) is 0 Å². The number of nitrogens with zero attached hydrogens (tertiary/aromatic N) is 1. The van der Waals surface area contributed by atoms with Crippen molar-refractivity contribution in [2.75, 3.05) is 13.1 Å². The lowest BCUT2D eigenvalue weighted by molar-refractivity contribution is 0.133. The van der Waals surface area contributed by atoms with Crippen molar-refractivity contribution in [1.29, 1.82) is 0 Å². The molecule has 1 aromatic heterocycles. The van der Waals surface area contributed by atoms with Crippen LogP contribution in [0.25, 0.3) is 0 Å². The van der Waals surface area contributed by atoms with Crippen LogP contribution in [0.1, 0.15) is 45.2 Å². The smallest absolute Gasteiger partial charge is 0.242 e. The van der Waals surface area contributed by atoms with Crippen LogP contribution in [0.3, 0.4) is 0 Å². The largest absolute Gasteiger partial charge is 0.352 e. The molecule has 0 saturated heterocycles. The second-order valence-corrected chi connectivity index (χ2v) is 7.86. The summed E-state index contributed by atoms with van der Waals surface area (Å²) in [6.45, 7) is 6.28. The molecule has 5 nitrogen and oxygen atoms in total. The highest BCUT2D eigenvalue weighted by atomic mass is 32.2. The number of rotatable bonds is 8. The van der Waals surface area contributed by atoms with Gasteiger partial charge in [0, 0.05) is 32.0 Å². The van der Waals surface area contributed by atoms with E-state index in [9.17, 15) is 8.42 Å². The van der Waals surface area contributed by atoms with Gasteiger partial charge in [-0.1, -0.05) is 20.3 Å². The molecule has 1 heterocycles. The minimum atomic E-state index is -3.41. The van der Waals surface area contributed by atoms with Crippen molar-refractivity contribution >= 4 is 10.0 Å². The van der Waals surface area contributed by atoms with Crippen LogP contribution in [0, 0.1) is 5.41 Å². The first kappa shape index (κ1) is 16.5. The van der Waals surface area contributed by atoms with Gasteiger partial charge in [-0.05, 0) is 37.3 Å². The highest BCUT2D eigenvalue weighted by Gasteiger charge is 2.36. The molecule has 1 saturated carbocycles. The van der Waals surface area contributed by atoms with E-state index in [1.807, 2.05) is 18.5 Å². The standard InChI is InChI=1S/C15H27N3O2S/c1-4-15(7-6-8-15)12-17-21(19,20)14-9-13(10-16-5-2)18(3)11-14/h9,11,16-17H,4-8,10,12H2,1-3H3. The van der Waals surface area contributed by atoms with Crippen LogP contribution in [-0.2, 0) is 23.6 Å². The predicted molar refractivity (Wildman–Crippen MR) is 84.6 cm³/mol. The fraction of sp³-hybridized carbons (Fsp3) is 0.733. The van der Waals surface area contributed by atoms with Crippen LogP contribution in [-0.4, -0.2) is 26.1 Å². The molecule has 0 atom stereocenters. The van der Waals surface area contributed by atoms with Crippen molar-refractivity contribution in [1.82, 2.24) is 14.6 Å². The zero-order valence-electron chi connectivity index (χ0n) is 13.3. The summed E-state index contributed by atoms with van der Waals surface area (Å²) in [5, 5.41) is 3.22. The number of hydrogen-bond acceptors (Lipinski definition) is 3.